The minimum Gasteiger partial charge on any atom is -0.394 e. The Hall–Kier alpha value is -1.68. The first kappa shape index (κ1) is 11.4. The van der Waals surface area contributed by atoms with E-state index in [1.165, 1.54) is 17.2 Å². The molecule has 1 fully saturated rings. The molecule has 1 aliphatic heterocycles. The molecule has 2 aromatic heterocycles. The standard InChI is InChI=1S/C9H11N5O4/c15-2-5-6(16)7(17)9(18-5)14-8-4(12-13-14)1-10-3-11-8/h1,3,5-7,9,15-17H,2H2/t5-,6-,7-,9-/m1/s1. The monoisotopic (exact) mass is 253 g/mol. The zero-order chi connectivity index (χ0) is 12.7. The third-order valence-corrected chi connectivity index (χ3v) is 2.90. The van der Waals surface area contributed by atoms with Gasteiger partial charge in [0.15, 0.2) is 17.4 Å². The Balaban J connectivity index is 2.00. The number of aliphatic hydroxyl groups excluding tert-OH is 3. The van der Waals surface area contributed by atoms with Crippen molar-refractivity contribution in [3.63, 3.8) is 0 Å². The highest BCUT2D eigenvalue weighted by atomic mass is 16.6. The molecule has 9 nitrogen and oxygen atoms in total. The fourth-order valence-corrected chi connectivity index (χ4v) is 1.96. The van der Waals surface area contributed by atoms with Crippen LogP contribution >= 0.6 is 0 Å². The van der Waals surface area contributed by atoms with Gasteiger partial charge in [-0.3, -0.25) is 0 Å². The summed E-state index contributed by atoms with van der Waals surface area (Å²) >= 11 is 0. The van der Waals surface area contributed by atoms with Crippen molar-refractivity contribution in [2.24, 2.45) is 0 Å². The van der Waals surface area contributed by atoms with Crippen LogP contribution < -0.4 is 0 Å². The highest BCUT2D eigenvalue weighted by Crippen LogP contribution is 2.29. The molecule has 18 heavy (non-hydrogen) atoms. The molecular weight excluding hydrogens is 242 g/mol. The maximum absolute atomic E-state index is 9.87. The van der Waals surface area contributed by atoms with E-state index in [9.17, 15) is 10.2 Å². The summed E-state index contributed by atoms with van der Waals surface area (Å²) in [6.45, 7) is -0.393. The SMILES string of the molecule is OC[C@H]1O[C@@H](n2nnc3cncnc32)[C@H](O)[C@@H]1O. The predicted molar refractivity (Wildman–Crippen MR) is 56.1 cm³/mol. The van der Waals surface area contributed by atoms with Crippen LogP contribution in [0.5, 0.6) is 0 Å². The Morgan fingerprint density at radius 1 is 1.33 bits per heavy atom. The van der Waals surface area contributed by atoms with Gasteiger partial charge in [0.05, 0.1) is 12.8 Å². The van der Waals surface area contributed by atoms with Gasteiger partial charge in [0, 0.05) is 0 Å². The molecular formula is C9H11N5O4. The van der Waals surface area contributed by atoms with Crippen molar-refractivity contribution in [1.29, 1.82) is 0 Å². The Labute approximate surface area is 101 Å². The van der Waals surface area contributed by atoms with Crippen molar-refractivity contribution in [3.8, 4) is 0 Å². The van der Waals surface area contributed by atoms with Crippen LogP contribution in [0.2, 0.25) is 0 Å². The van der Waals surface area contributed by atoms with Gasteiger partial charge in [-0.1, -0.05) is 5.21 Å². The Bertz CT molecular complexity index is 561. The molecule has 9 heteroatoms. The molecule has 0 radical (unpaired) electrons. The van der Waals surface area contributed by atoms with E-state index in [0.717, 1.165) is 0 Å². The minimum atomic E-state index is -1.21. The van der Waals surface area contributed by atoms with Gasteiger partial charge in [0.2, 0.25) is 0 Å². The molecule has 3 rings (SSSR count). The highest BCUT2D eigenvalue weighted by molar-refractivity contribution is 5.67. The van der Waals surface area contributed by atoms with Crippen LogP contribution in [0.15, 0.2) is 12.5 Å². The van der Waals surface area contributed by atoms with Crippen molar-refractivity contribution in [1.82, 2.24) is 25.0 Å². The lowest BCUT2D eigenvalue weighted by atomic mass is 10.1. The van der Waals surface area contributed by atoms with Gasteiger partial charge in [-0.05, 0) is 0 Å². The number of nitrogens with zero attached hydrogens (tertiary/aromatic N) is 5. The smallest absolute Gasteiger partial charge is 0.184 e. The van der Waals surface area contributed by atoms with Gasteiger partial charge in [0.25, 0.3) is 0 Å². The first-order valence-electron chi connectivity index (χ1n) is 5.35. The van der Waals surface area contributed by atoms with Crippen molar-refractivity contribution >= 4 is 11.2 Å². The van der Waals surface area contributed by atoms with Crippen LogP contribution in [0.25, 0.3) is 11.2 Å². The second-order valence-electron chi connectivity index (χ2n) is 3.99. The lowest BCUT2D eigenvalue weighted by Gasteiger charge is -2.14. The summed E-state index contributed by atoms with van der Waals surface area (Å²) in [5.41, 5.74) is 0.843. The molecule has 0 aromatic carbocycles. The third-order valence-electron chi connectivity index (χ3n) is 2.90. The topological polar surface area (TPSA) is 126 Å². The molecule has 4 atom stereocenters. The van der Waals surface area contributed by atoms with Gasteiger partial charge in [-0.2, -0.15) is 4.68 Å². The summed E-state index contributed by atoms with van der Waals surface area (Å²) in [7, 11) is 0. The summed E-state index contributed by atoms with van der Waals surface area (Å²) in [6, 6.07) is 0. The predicted octanol–water partition coefficient (Wildman–Crippen LogP) is -2.17. The zero-order valence-electron chi connectivity index (χ0n) is 9.16. The molecule has 3 N–H and O–H groups in total. The van der Waals surface area contributed by atoms with E-state index in [1.54, 1.807) is 0 Å². The quantitative estimate of drug-likeness (QED) is 0.552. The summed E-state index contributed by atoms with van der Waals surface area (Å²) in [6.07, 6.45) is -1.37. The van der Waals surface area contributed by atoms with Crippen molar-refractivity contribution in [2.45, 2.75) is 24.5 Å². The van der Waals surface area contributed by atoms with E-state index in [1.807, 2.05) is 0 Å². The molecule has 3 heterocycles. The van der Waals surface area contributed by atoms with Gasteiger partial charge in [0.1, 0.15) is 24.6 Å². The van der Waals surface area contributed by atoms with Gasteiger partial charge >= 0.3 is 0 Å². The fraction of sp³-hybridized carbons (Fsp3) is 0.556. The van der Waals surface area contributed by atoms with Gasteiger partial charge in [-0.15, -0.1) is 5.10 Å². The third kappa shape index (κ3) is 1.56. The van der Waals surface area contributed by atoms with Crippen LogP contribution in [0.4, 0.5) is 0 Å². The summed E-state index contributed by atoms with van der Waals surface area (Å²) in [5, 5.41) is 36.2. The number of ether oxygens (including phenoxy) is 1. The molecule has 0 aliphatic carbocycles. The van der Waals surface area contributed by atoms with E-state index in [0.29, 0.717) is 11.2 Å². The minimum absolute atomic E-state index is 0.389. The van der Waals surface area contributed by atoms with Gasteiger partial charge in [-0.25, -0.2) is 9.97 Å². The lowest BCUT2D eigenvalue weighted by molar-refractivity contribution is -0.0574. The average Bonchev–Trinajstić information content (AvgIpc) is 2.93. The summed E-state index contributed by atoms with van der Waals surface area (Å²) in [5.74, 6) is 0. The van der Waals surface area contributed by atoms with E-state index in [-0.39, 0.29) is 0 Å². The second-order valence-corrected chi connectivity index (χ2v) is 3.99. The number of rotatable bonds is 2. The zero-order valence-corrected chi connectivity index (χ0v) is 9.16. The van der Waals surface area contributed by atoms with E-state index < -0.39 is 31.1 Å². The molecule has 1 saturated heterocycles. The first-order chi connectivity index (χ1) is 8.72. The van der Waals surface area contributed by atoms with Crippen molar-refractivity contribution in [2.75, 3.05) is 6.61 Å². The Morgan fingerprint density at radius 3 is 2.89 bits per heavy atom. The van der Waals surface area contributed by atoms with Crippen LogP contribution in [-0.2, 0) is 4.74 Å². The molecule has 96 valence electrons. The maximum atomic E-state index is 9.87. The largest absolute Gasteiger partial charge is 0.394 e. The Morgan fingerprint density at radius 2 is 2.17 bits per heavy atom. The molecule has 1 aliphatic rings. The Kier molecular flexibility index (Phi) is 2.67. The molecule has 2 aromatic rings. The van der Waals surface area contributed by atoms with E-state index in [4.69, 9.17) is 9.84 Å². The number of hydrogen-bond donors (Lipinski definition) is 3. The van der Waals surface area contributed by atoms with Crippen LogP contribution in [0, 0.1) is 0 Å². The normalized spacial score (nSPS) is 32.2. The average molecular weight is 253 g/mol. The van der Waals surface area contributed by atoms with Gasteiger partial charge < -0.3 is 20.1 Å². The summed E-state index contributed by atoms with van der Waals surface area (Å²) in [4.78, 5) is 7.79. The van der Waals surface area contributed by atoms with Crippen LogP contribution in [0.1, 0.15) is 6.23 Å². The van der Waals surface area contributed by atoms with Crippen molar-refractivity contribution in [3.05, 3.63) is 12.5 Å². The van der Waals surface area contributed by atoms with E-state index >= 15 is 0 Å². The lowest BCUT2D eigenvalue weighted by Crippen LogP contribution is -2.33. The number of hydrogen-bond acceptors (Lipinski definition) is 8. The van der Waals surface area contributed by atoms with Crippen LogP contribution in [0.3, 0.4) is 0 Å². The molecule has 0 amide bonds. The van der Waals surface area contributed by atoms with Crippen molar-refractivity contribution < 1.29 is 20.1 Å². The van der Waals surface area contributed by atoms with Crippen LogP contribution in [-0.4, -0.2) is 65.2 Å². The first-order valence-corrected chi connectivity index (χ1v) is 5.35. The fourth-order valence-electron chi connectivity index (χ4n) is 1.96. The summed E-state index contributed by atoms with van der Waals surface area (Å²) < 4.78 is 6.60. The molecule has 0 spiro atoms. The second kappa shape index (κ2) is 4.21. The maximum Gasteiger partial charge on any atom is 0.184 e. The highest BCUT2D eigenvalue weighted by Gasteiger charge is 2.44. The molecule has 0 unspecified atom stereocenters. The molecule has 0 saturated carbocycles. The number of aromatic nitrogens is 5. The number of fused-ring (bicyclic) bond motifs is 1. The van der Waals surface area contributed by atoms with E-state index in [2.05, 4.69) is 20.3 Å². The molecule has 0 bridgehead atoms. The number of aliphatic hydroxyl groups is 3.